The van der Waals surface area contributed by atoms with E-state index in [0.717, 1.165) is 5.56 Å². The van der Waals surface area contributed by atoms with Gasteiger partial charge in [0, 0.05) is 20.3 Å². The Bertz CT molecular complexity index is 331. The molecule has 0 spiro atoms. The minimum Gasteiger partial charge on any atom is -0.484 e. The van der Waals surface area contributed by atoms with Crippen LogP contribution in [-0.2, 0) is 16.1 Å². The maximum Gasteiger partial charge on any atom is 0.186 e. The summed E-state index contributed by atoms with van der Waals surface area (Å²) in [7, 11) is 3.69. The zero-order valence-corrected chi connectivity index (χ0v) is 9.01. The molecule has 0 radical (unpaired) electrons. The lowest BCUT2D eigenvalue weighted by Crippen LogP contribution is -2.05. The Morgan fingerprint density at radius 2 is 2.00 bits per heavy atom. The number of carbonyl (C=O) groups excluding carboxylic acids is 1. The highest BCUT2D eigenvalue weighted by Gasteiger charge is 1.97. The fourth-order valence-electron chi connectivity index (χ4n) is 1.10. The molecule has 3 nitrogen and oxygen atoms in total. The third-order valence-electron chi connectivity index (χ3n) is 1.75. The van der Waals surface area contributed by atoms with E-state index >= 15 is 0 Å². The van der Waals surface area contributed by atoms with Gasteiger partial charge in [0.05, 0.1) is 0 Å². The molecule has 0 saturated carbocycles. The van der Waals surface area contributed by atoms with Crippen LogP contribution in [0.4, 0.5) is 0 Å². The molecule has 15 heavy (non-hydrogen) atoms. The van der Waals surface area contributed by atoms with E-state index in [9.17, 15) is 4.79 Å². The standard InChI is InChI=1S/C12H15NO2/c1-13(2)8-12(9-14)15-10-11-6-4-3-5-7-11/h3-9H,10H2,1-2H3. The fraction of sp³-hybridized carbons (Fsp3) is 0.250. The third-order valence-corrected chi connectivity index (χ3v) is 1.75. The molecule has 0 aliphatic carbocycles. The van der Waals surface area contributed by atoms with Crippen molar-refractivity contribution in [3.05, 3.63) is 47.9 Å². The third kappa shape index (κ3) is 4.31. The molecule has 0 heterocycles. The number of allylic oxidation sites excluding steroid dienone is 1. The van der Waals surface area contributed by atoms with Crippen LogP contribution in [0.3, 0.4) is 0 Å². The molecule has 0 aliphatic rings. The van der Waals surface area contributed by atoms with Gasteiger partial charge in [-0.3, -0.25) is 4.79 Å². The van der Waals surface area contributed by atoms with Crippen molar-refractivity contribution in [1.82, 2.24) is 4.90 Å². The van der Waals surface area contributed by atoms with E-state index in [1.807, 2.05) is 44.4 Å². The van der Waals surface area contributed by atoms with Crippen molar-refractivity contribution in [1.29, 1.82) is 0 Å². The summed E-state index contributed by atoms with van der Waals surface area (Å²) < 4.78 is 5.34. The molecule has 0 atom stereocenters. The molecule has 0 bridgehead atoms. The summed E-state index contributed by atoms with van der Waals surface area (Å²) in [4.78, 5) is 12.4. The first kappa shape index (κ1) is 11.3. The second-order valence-electron chi connectivity index (χ2n) is 3.39. The normalized spacial score (nSPS) is 10.9. The second kappa shape index (κ2) is 5.86. The monoisotopic (exact) mass is 205 g/mol. The van der Waals surface area contributed by atoms with Crippen LogP contribution >= 0.6 is 0 Å². The van der Waals surface area contributed by atoms with E-state index in [0.29, 0.717) is 18.7 Å². The first-order valence-corrected chi connectivity index (χ1v) is 4.72. The van der Waals surface area contributed by atoms with Crippen molar-refractivity contribution in [2.24, 2.45) is 0 Å². The van der Waals surface area contributed by atoms with Gasteiger partial charge in [-0.1, -0.05) is 30.3 Å². The molecule has 0 fully saturated rings. The maximum absolute atomic E-state index is 10.6. The Morgan fingerprint density at radius 3 is 2.53 bits per heavy atom. The van der Waals surface area contributed by atoms with Crippen LogP contribution in [0.1, 0.15) is 5.56 Å². The minimum atomic E-state index is 0.337. The maximum atomic E-state index is 10.6. The summed E-state index contributed by atoms with van der Waals surface area (Å²) in [6.07, 6.45) is 2.36. The van der Waals surface area contributed by atoms with Gasteiger partial charge in [0.25, 0.3) is 0 Å². The van der Waals surface area contributed by atoms with E-state index in [1.165, 1.54) is 0 Å². The molecule has 0 aliphatic heterocycles. The molecule has 0 aromatic heterocycles. The van der Waals surface area contributed by atoms with Crippen molar-refractivity contribution < 1.29 is 9.53 Å². The van der Waals surface area contributed by atoms with Gasteiger partial charge in [-0.15, -0.1) is 0 Å². The van der Waals surface area contributed by atoms with Gasteiger partial charge in [-0.25, -0.2) is 0 Å². The second-order valence-corrected chi connectivity index (χ2v) is 3.39. The SMILES string of the molecule is CN(C)C=C(C=O)OCc1ccccc1. The highest BCUT2D eigenvalue weighted by molar-refractivity contribution is 5.69. The molecule has 1 aromatic carbocycles. The van der Waals surface area contributed by atoms with Gasteiger partial charge in [-0.05, 0) is 5.56 Å². The summed E-state index contributed by atoms with van der Waals surface area (Å²) in [6.45, 7) is 0.416. The van der Waals surface area contributed by atoms with Crippen LogP contribution in [0.15, 0.2) is 42.3 Å². The van der Waals surface area contributed by atoms with Gasteiger partial charge in [0.15, 0.2) is 12.0 Å². The Morgan fingerprint density at radius 1 is 1.33 bits per heavy atom. The van der Waals surface area contributed by atoms with Crippen molar-refractivity contribution in [3.63, 3.8) is 0 Å². The number of ether oxygens (including phenoxy) is 1. The topological polar surface area (TPSA) is 29.5 Å². The van der Waals surface area contributed by atoms with E-state index in [2.05, 4.69) is 0 Å². The fourth-order valence-corrected chi connectivity index (χ4v) is 1.10. The summed E-state index contributed by atoms with van der Waals surface area (Å²) in [5, 5.41) is 0. The molecule has 0 saturated heterocycles. The summed E-state index contributed by atoms with van der Waals surface area (Å²) >= 11 is 0. The van der Waals surface area contributed by atoms with Gasteiger partial charge < -0.3 is 9.64 Å². The Hall–Kier alpha value is -1.77. The van der Waals surface area contributed by atoms with Gasteiger partial charge in [-0.2, -0.15) is 0 Å². The lowest BCUT2D eigenvalue weighted by molar-refractivity contribution is -0.108. The smallest absolute Gasteiger partial charge is 0.186 e. The van der Waals surface area contributed by atoms with Crippen LogP contribution < -0.4 is 0 Å². The average molecular weight is 205 g/mol. The molecule has 3 heteroatoms. The zero-order valence-electron chi connectivity index (χ0n) is 9.01. The molecule has 1 rings (SSSR count). The molecule has 80 valence electrons. The van der Waals surface area contributed by atoms with Gasteiger partial charge >= 0.3 is 0 Å². The largest absolute Gasteiger partial charge is 0.484 e. The number of benzene rings is 1. The van der Waals surface area contributed by atoms with Crippen LogP contribution in [0.25, 0.3) is 0 Å². The molecule has 0 N–H and O–H groups in total. The van der Waals surface area contributed by atoms with Gasteiger partial charge in [0.1, 0.15) is 6.61 Å². The van der Waals surface area contributed by atoms with Crippen LogP contribution in [0, 0.1) is 0 Å². The minimum absolute atomic E-state index is 0.337. The number of aldehydes is 1. The van der Waals surface area contributed by atoms with Crippen LogP contribution in [0.2, 0.25) is 0 Å². The van der Waals surface area contributed by atoms with E-state index in [4.69, 9.17) is 4.74 Å². The summed E-state index contributed by atoms with van der Waals surface area (Å²) in [5.41, 5.74) is 1.05. The van der Waals surface area contributed by atoms with Crippen LogP contribution in [0.5, 0.6) is 0 Å². The highest BCUT2D eigenvalue weighted by Crippen LogP contribution is 2.04. The lowest BCUT2D eigenvalue weighted by atomic mass is 10.2. The molecule has 1 aromatic rings. The molecule has 0 amide bonds. The van der Waals surface area contributed by atoms with Crippen molar-refractivity contribution in [3.8, 4) is 0 Å². The number of carbonyl (C=O) groups is 1. The first-order valence-electron chi connectivity index (χ1n) is 4.72. The highest BCUT2D eigenvalue weighted by atomic mass is 16.5. The average Bonchev–Trinajstić information content (AvgIpc) is 2.25. The van der Waals surface area contributed by atoms with Crippen LogP contribution in [-0.4, -0.2) is 25.3 Å². The quantitative estimate of drug-likeness (QED) is 0.417. The predicted molar refractivity (Wildman–Crippen MR) is 59.1 cm³/mol. The molecule has 0 unspecified atom stereocenters. The number of nitrogens with zero attached hydrogens (tertiary/aromatic N) is 1. The summed E-state index contributed by atoms with van der Waals surface area (Å²) in [6, 6.07) is 9.74. The van der Waals surface area contributed by atoms with E-state index < -0.39 is 0 Å². The Balaban J connectivity index is 2.52. The van der Waals surface area contributed by atoms with E-state index in [1.54, 1.807) is 11.1 Å². The lowest BCUT2D eigenvalue weighted by Gasteiger charge is -2.09. The van der Waals surface area contributed by atoms with Gasteiger partial charge in [0.2, 0.25) is 0 Å². The Kier molecular flexibility index (Phi) is 4.41. The molecular weight excluding hydrogens is 190 g/mol. The summed E-state index contributed by atoms with van der Waals surface area (Å²) in [5.74, 6) is 0.337. The predicted octanol–water partition coefficient (Wildman–Crippen LogP) is 1.81. The number of rotatable bonds is 5. The molecular formula is C12H15NO2. The Labute approximate surface area is 90.0 Å². The number of hydrogen-bond donors (Lipinski definition) is 0. The first-order chi connectivity index (χ1) is 7.22. The number of hydrogen-bond acceptors (Lipinski definition) is 3. The zero-order chi connectivity index (χ0) is 11.1. The van der Waals surface area contributed by atoms with E-state index in [-0.39, 0.29) is 0 Å². The van der Waals surface area contributed by atoms with Crippen molar-refractivity contribution in [2.45, 2.75) is 6.61 Å². The van der Waals surface area contributed by atoms with Crippen molar-refractivity contribution in [2.75, 3.05) is 14.1 Å². The van der Waals surface area contributed by atoms with Crippen molar-refractivity contribution >= 4 is 6.29 Å².